The summed E-state index contributed by atoms with van der Waals surface area (Å²) >= 11 is 1.17. The number of rotatable bonds is 6. The van der Waals surface area contributed by atoms with Crippen molar-refractivity contribution < 1.29 is 13.2 Å². The molecule has 1 amide bonds. The largest absolute Gasteiger partial charge is 0.357 e. The molecule has 31 heavy (non-hydrogen) atoms. The number of nitrogens with zero attached hydrogens (tertiary/aromatic N) is 3. The second kappa shape index (κ2) is 10.1. The molecule has 4 heterocycles. The maximum Gasteiger partial charge on any atom is 0.263 e. The fourth-order valence-electron chi connectivity index (χ4n) is 4.18. The van der Waals surface area contributed by atoms with E-state index in [4.69, 9.17) is 0 Å². The van der Waals surface area contributed by atoms with E-state index in [0.29, 0.717) is 19.6 Å². The van der Waals surface area contributed by atoms with E-state index in [1.807, 2.05) is 12.1 Å². The molecule has 168 valence electrons. The van der Waals surface area contributed by atoms with Crippen LogP contribution < -0.4 is 10.2 Å². The fourth-order valence-corrected chi connectivity index (χ4v) is 7.02. The number of aromatic nitrogens is 1. The van der Waals surface area contributed by atoms with Crippen molar-refractivity contribution in [3.05, 3.63) is 40.2 Å². The second-order valence-electron chi connectivity index (χ2n) is 8.19. The van der Waals surface area contributed by atoms with Gasteiger partial charge in [0.1, 0.15) is 15.6 Å². The predicted octanol–water partition coefficient (Wildman–Crippen LogP) is 3.63. The molecule has 0 radical (unpaired) electrons. The highest BCUT2D eigenvalue weighted by atomic mass is 32.2. The molecular weight excluding hydrogens is 432 g/mol. The summed E-state index contributed by atoms with van der Waals surface area (Å²) in [5.41, 5.74) is 0.893. The summed E-state index contributed by atoms with van der Waals surface area (Å²) in [5.74, 6) is 0.618. The van der Waals surface area contributed by atoms with Gasteiger partial charge in [0.25, 0.3) is 5.91 Å². The number of hydrogen-bond donors (Lipinski definition) is 1. The first-order chi connectivity index (χ1) is 15.1. The van der Waals surface area contributed by atoms with Crippen molar-refractivity contribution >= 4 is 33.1 Å². The Bertz CT molecular complexity index is 974. The number of carbonyl (C=O) groups excluding carboxylic acids is 1. The third kappa shape index (κ3) is 5.27. The van der Waals surface area contributed by atoms with Crippen molar-refractivity contribution in [2.24, 2.45) is 0 Å². The molecule has 2 aliphatic heterocycles. The van der Waals surface area contributed by atoms with Crippen LogP contribution in [-0.4, -0.2) is 49.8 Å². The lowest BCUT2D eigenvalue weighted by Crippen LogP contribution is -2.36. The minimum absolute atomic E-state index is 0.117. The fraction of sp³-hybridized carbons (Fsp3) is 0.545. The molecule has 0 saturated carbocycles. The van der Waals surface area contributed by atoms with E-state index < -0.39 is 10.0 Å². The Labute approximate surface area is 188 Å². The van der Waals surface area contributed by atoms with Crippen LogP contribution in [-0.2, 0) is 16.6 Å². The molecule has 0 spiro atoms. The molecule has 0 atom stereocenters. The first-order valence-corrected chi connectivity index (χ1v) is 13.4. The monoisotopic (exact) mass is 462 g/mol. The van der Waals surface area contributed by atoms with Gasteiger partial charge in [-0.25, -0.2) is 13.4 Å². The van der Waals surface area contributed by atoms with Gasteiger partial charge in [-0.3, -0.25) is 4.79 Å². The van der Waals surface area contributed by atoms with Crippen molar-refractivity contribution in [3.8, 4) is 0 Å². The number of thiophene rings is 1. The van der Waals surface area contributed by atoms with Crippen LogP contribution in [0.15, 0.2) is 34.7 Å². The van der Waals surface area contributed by atoms with E-state index in [9.17, 15) is 13.2 Å². The van der Waals surface area contributed by atoms with E-state index in [2.05, 4.69) is 15.2 Å². The predicted molar refractivity (Wildman–Crippen MR) is 123 cm³/mol. The van der Waals surface area contributed by atoms with Crippen LogP contribution in [0.4, 0.5) is 5.82 Å². The molecule has 2 aromatic rings. The van der Waals surface area contributed by atoms with Gasteiger partial charge in [-0.1, -0.05) is 25.3 Å². The van der Waals surface area contributed by atoms with Crippen molar-refractivity contribution in [1.29, 1.82) is 0 Å². The Morgan fingerprint density at radius 1 is 0.968 bits per heavy atom. The third-order valence-corrected chi connectivity index (χ3v) is 8.94. The van der Waals surface area contributed by atoms with E-state index in [0.717, 1.165) is 43.7 Å². The standard InChI is InChI=1S/C22H30N4O3S2/c27-22(21-19(10-15-30-21)31(28,29)26-13-6-3-7-14-26)24-17-18-8-9-20(23-16-18)25-11-4-1-2-5-12-25/h8-10,15-16H,1-7,11-14,17H2,(H,24,27). The Morgan fingerprint density at radius 2 is 1.65 bits per heavy atom. The normalized spacial score (nSPS) is 18.5. The molecule has 0 unspecified atom stereocenters. The van der Waals surface area contributed by atoms with Crippen molar-refractivity contribution in [2.75, 3.05) is 31.1 Å². The lowest BCUT2D eigenvalue weighted by molar-refractivity contribution is 0.0951. The highest BCUT2D eigenvalue weighted by Crippen LogP contribution is 2.27. The van der Waals surface area contributed by atoms with E-state index in [1.54, 1.807) is 17.6 Å². The van der Waals surface area contributed by atoms with Crippen LogP contribution in [0.25, 0.3) is 0 Å². The van der Waals surface area contributed by atoms with Crippen LogP contribution in [0.2, 0.25) is 0 Å². The molecule has 0 bridgehead atoms. The van der Waals surface area contributed by atoms with Crippen LogP contribution in [0.5, 0.6) is 0 Å². The summed E-state index contributed by atoms with van der Waals surface area (Å²) in [7, 11) is -3.63. The zero-order valence-electron chi connectivity index (χ0n) is 17.8. The van der Waals surface area contributed by atoms with Gasteiger partial charge in [0.05, 0.1) is 0 Å². The van der Waals surface area contributed by atoms with Crippen molar-refractivity contribution in [2.45, 2.75) is 56.4 Å². The van der Waals surface area contributed by atoms with Gasteiger partial charge in [-0.15, -0.1) is 11.3 Å². The van der Waals surface area contributed by atoms with Gasteiger partial charge in [0.2, 0.25) is 10.0 Å². The van der Waals surface area contributed by atoms with Crippen molar-refractivity contribution in [1.82, 2.24) is 14.6 Å². The first kappa shape index (κ1) is 22.2. The summed E-state index contributed by atoms with van der Waals surface area (Å²) in [6.45, 7) is 3.43. The average Bonchev–Trinajstić information content (AvgIpc) is 3.15. The molecule has 0 aromatic carbocycles. The smallest absolute Gasteiger partial charge is 0.263 e. The zero-order chi connectivity index (χ0) is 21.7. The molecule has 0 aliphatic carbocycles. The molecule has 1 N–H and O–H groups in total. The number of sulfonamides is 1. The quantitative estimate of drug-likeness (QED) is 0.709. The maximum absolute atomic E-state index is 13.0. The van der Waals surface area contributed by atoms with Crippen LogP contribution in [0, 0.1) is 0 Å². The van der Waals surface area contributed by atoms with Gasteiger partial charge in [0.15, 0.2) is 0 Å². The summed E-state index contributed by atoms with van der Waals surface area (Å²) in [6.07, 6.45) is 9.52. The Kier molecular flexibility index (Phi) is 7.24. The van der Waals surface area contributed by atoms with Crippen LogP contribution in [0.3, 0.4) is 0 Å². The minimum atomic E-state index is -3.63. The summed E-state index contributed by atoms with van der Waals surface area (Å²) in [6, 6.07) is 5.53. The number of pyridine rings is 1. The lowest BCUT2D eigenvalue weighted by atomic mass is 10.2. The molecule has 9 heteroatoms. The molecule has 4 rings (SSSR count). The number of nitrogens with one attached hydrogen (secondary N) is 1. The summed E-state index contributed by atoms with van der Waals surface area (Å²) < 4.78 is 27.5. The molecule has 7 nitrogen and oxygen atoms in total. The van der Waals surface area contributed by atoms with E-state index in [-0.39, 0.29) is 15.7 Å². The highest BCUT2D eigenvalue weighted by Gasteiger charge is 2.30. The molecule has 2 fully saturated rings. The van der Waals surface area contributed by atoms with Gasteiger partial charge < -0.3 is 10.2 Å². The lowest BCUT2D eigenvalue weighted by Gasteiger charge is -2.25. The van der Waals surface area contributed by atoms with Crippen molar-refractivity contribution in [3.63, 3.8) is 0 Å². The Morgan fingerprint density at radius 3 is 2.32 bits per heavy atom. The average molecular weight is 463 g/mol. The molecule has 2 aliphatic rings. The maximum atomic E-state index is 13.0. The van der Waals surface area contributed by atoms with Gasteiger partial charge in [-0.2, -0.15) is 4.31 Å². The number of carbonyl (C=O) groups is 1. The molecule has 2 aromatic heterocycles. The van der Waals surface area contributed by atoms with Crippen LogP contribution in [0.1, 0.15) is 60.2 Å². The zero-order valence-corrected chi connectivity index (χ0v) is 19.4. The van der Waals surface area contributed by atoms with Gasteiger partial charge >= 0.3 is 0 Å². The summed E-state index contributed by atoms with van der Waals surface area (Å²) in [4.78, 5) is 20.0. The van der Waals surface area contributed by atoms with Gasteiger partial charge in [-0.05, 0) is 48.8 Å². The SMILES string of the molecule is O=C(NCc1ccc(N2CCCCCC2)nc1)c1sccc1S(=O)(=O)N1CCCCC1. The highest BCUT2D eigenvalue weighted by molar-refractivity contribution is 7.89. The second-order valence-corrected chi connectivity index (χ2v) is 11.0. The summed E-state index contributed by atoms with van der Waals surface area (Å²) in [5, 5.41) is 4.53. The molecule has 2 saturated heterocycles. The number of anilines is 1. The van der Waals surface area contributed by atoms with E-state index in [1.165, 1.54) is 41.3 Å². The number of hydrogen-bond acceptors (Lipinski definition) is 6. The first-order valence-electron chi connectivity index (χ1n) is 11.1. The number of amides is 1. The molecular formula is C22H30N4O3S2. The Hall–Kier alpha value is -1.97. The topological polar surface area (TPSA) is 82.6 Å². The Balaban J connectivity index is 1.39. The van der Waals surface area contributed by atoms with Crippen LogP contribution >= 0.6 is 11.3 Å². The van der Waals surface area contributed by atoms with E-state index >= 15 is 0 Å². The van der Waals surface area contributed by atoms with Gasteiger partial charge in [0, 0.05) is 38.9 Å². The number of piperidine rings is 1. The minimum Gasteiger partial charge on any atom is -0.357 e. The third-order valence-electron chi connectivity index (χ3n) is 5.96.